The Kier molecular flexibility index (Phi) is 16.0. The Morgan fingerprint density at radius 2 is 0.857 bits per heavy atom. The molecule has 24 nitrogen and oxygen atoms in total. The summed E-state index contributed by atoms with van der Waals surface area (Å²) in [5, 5.41) is 14.8. The van der Waals surface area contributed by atoms with Gasteiger partial charge in [0.25, 0.3) is 0 Å². The minimum atomic E-state index is -3.94. The normalized spacial score (nSPS) is 19.3. The molecule has 0 amide bonds. The average Bonchev–Trinajstić information content (AvgIpc) is 4.17. The highest BCUT2D eigenvalue weighted by Gasteiger charge is 2.46. The van der Waals surface area contributed by atoms with E-state index in [1.807, 2.05) is 0 Å². The van der Waals surface area contributed by atoms with Crippen LogP contribution in [-0.4, -0.2) is 152 Å². The van der Waals surface area contributed by atoms with E-state index in [4.69, 9.17) is 51.6 Å². The van der Waals surface area contributed by atoms with Gasteiger partial charge in [-0.15, -0.1) is 20.4 Å². The van der Waals surface area contributed by atoms with Gasteiger partial charge in [-0.2, -0.15) is 19.9 Å². The van der Waals surface area contributed by atoms with Crippen molar-refractivity contribution in [2.75, 3.05) is 42.7 Å². The van der Waals surface area contributed by atoms with Crippen LogP contribution in [0.2, 0.25) is 10.0 Å². The molecule has 30 heteroatoms. The van der Waals surface area contributed by atoms with Crippen molar-refractivity contribution < 1.29 is 54.0 Å². The van der Waals surface area contributed by atoms with Crippen LogP contribution in [-0.2, 0) is 40.7 Å². The molecule has 70 heavy (non-hydrogen) atoms. The molecule has 6 heterocycles. The van der Waals surface area contributed by atoms with Crippen molar-refractivity contribution in [3.05, 3.63) is 82.4 Å². The maximum Gasteiger partial charge on any atom is 0.245 e. The predicted octanol–water partition coefficient (Wildman–Crippen LogP) is 4.07. The second-order valence-corrected chi connectivity index (χ2v) is 21.3. The highest BCUT2D eigenvalue weighted by molar-refractivity contribution is 7.91. The lowest BCUT2D eigenvalue weighted by Gasteiger charge is -2.22. The fourth-order valence-electron chi connectivity index (χ4n) is 7.30. The second kappa shape index (κ2) is 21.6. The van der Waals surface area contributed by atoms with E-state index in [9.17, 15) is 25.6 Å². The molecule has 0 N–H and O–H groups in total. The van der Waals surface area contributed by atoms with Crippen molar-refractivity contribution in [1.82, 2.24) is 69.4 Å². The molecule has 6 aromatic heterocycles. The molecule has 2 aliphatic rings. The SMILES string of the molecule is COc1ncnc(OC)c1-n1c(CS(=O)(=O)[C@@H](C)[C@H](OC)c2ncc(Cl)cn2)nnc1[C@@H]1C[C@H]1F.COc1ncnc(OC)c1-n1c(CS(=O)(=O)[C@@H](C)[C@H](OC)c2ncc(Cl)cn2)nnc1[C@H]1C[C@@H]1F. The van der Waals surface area contributed by atoms with Crippen LogP contribution < -0.4 is 18.9 Å². The predicted molar refractivity (Wildman–Crippen MR) is 242 cm³/mol. The molecular formula is C40H46Cl2F2N14O10S2. The van der Waals surface area contributed by atoms with Gasteiger partial charge in [-0.1, -0.05) is 23.2 Å². The second-order valence-electron chi connectivity index (χ2n) is 15.7. The topological polar surface area (TPSA) is 288 Å². The lowest BCUT2D eigenvalue weighted by molar-refractivity contribution is 0.0947. The Labute approximate surface area is 409 Å². The summed E-state index contributed by atoms with van der Waals surface area (Å²) in [7, 11) is 0.401. The highest BCUT2D eigenvalue weighted by atomic mass is 35.5. The number of rotatable bonds is 20. The Hall–Kier alpha value is -5.94. The van der Waals surface area contributed by atoms with Crippen molar-refractivity contribution in [1.29, 1.82) is 0 Å². The van der Waals surface area contributed by atoms with E-state index in [0.29, 0.717) is 10.0 Å². The molecule has 0 unspecified atom stereocenters. The van der Waals surface area contributed by atoms with Gasteiger partial charge in [-0.05, 0) is 26.7 Å². The number of aromatic nitrogens is 14. The fraction of sp³-hybridized carbons (Fsp3) is 0.500. The minimum Gasteiger partial charge on any atom is -0.479 e. The van der Waals surface area contributed by atoms with Gasteiger partial charge in [-0.3, -0.25) is 9.13 Å². The molecule has 8 atom stereocenters. The highest BCUT2D eigenvalue weighted by Crippen LogP contribution is 2.46. The maximum absolute atomic E-state index is 14.0. The molecule has 0 aromatic carbocycles. The maximum atomic E-state index is 14.0. The number of halogens is 4. The summed E-state index contributed by atoms with van der Waals surface area (Å²) < 4.78 is 117. The Bertz CT molecular complexity index is 2770. The van der Waals surface area contributed by atoms with Crippen molar-refractivity contribution in [2.45, 2.75) is 85.1 Å². The van der Waals surface area contributed by atoms with Crippen LogP contribution in [0.1, 0.15) is 85.7 Å². The number of hydrogen-bond acceptors (Lipinski definition) is 22. The molecule has 6 aromatic rings. The zero-order chi connectivity index (χ0) is 50.7. The van der Waals surface area contributed by atoms with Gasteiger partial charge in [-0.25, -0.2) is 45.6 Å². The zero-order valence-electron chi connectivity index (χ0n) is 38.6. The first-order chi connectivity index (χ1) is 33.4. The van der Waals surface area contributed by atoms with Gasteiger partial charge in [0.15, 0.2) is 54.3 Å². The van der Waals surface area contributed by atoms with Crippen LogP contribution in [0.3, 0.4) is 0 Å². The van der Waals surface area contributed by atoms with Crippen molar-refractivity contribution in [2.24, 2.45) is 0 Å². The van der Waals surface area contributed by atoms with Gasteiger partial charge >= 0.3 is 0 Å². The van der Waals surface area contributed by atoms with Crippen molar-refractivity contribution in [3.63, 3.8) is 0 Å². The summed E-state index contributed by atoms with van der Waals surface area (Å²) in [4.78, 5) is 32.7. The molecule has 0 radical (unpaired) electrons. The van der Waals surface area contributed by atoms with Crippen LogP contribution in [0, 0.1) is 0 Å². The standard InChI is InChI=1S/2C20H23ClFN7O5S/c2*1-10(16(32-2)17-23-6-11(21)7-24-17)35(30,31)8-14-27-28-18(12-5-13(12)22)29(14)15-19(33-3)25-9-26-20(15)34-4/h2*6-7,9-10,12-13,16H,5,8H2,1-4H3/t10-,12+,13+,16-;10-,12-,13-,16-/m00/s1. The number of ether oxygens (including phenoxy) is 6. The van der Waals surface area contributed by atoms with Gasteiger partial charge in [0.2, 0.25) is 23.5 Å². The molecule has 2 saturated carbocycles. The first-order valence-corrected chi connectivity index (χ1v) is 25.1. The van der Waals surface area contributed by atoms with E-state index < -0.39 is 78.1 Å². The molecule has 2 aliphatic carbocycles. The zero-order valence-corrected chi connectivity index (χ0v) is 41.7. The quantitative estimate of drug-likeness (QED) is 0.104. The molecule has 8 rings (SSSR count). The summed E-state index contributed by atoms with van der Waals surface area (Å²) in [6, 6.07) is 0. The van der Waals surface area contributed by atoms with Crippen molar-refractivity contribution in [3.8, 4) is 34.9 Å². The summed E-state index contributed by atoms with van der Waals surface area (Å²) >= 11 is 11.7. The largest absolute Gasteiger partial charge is 0.479 e. The Morgan fingerprint density at radius 3 is 1.11 bits per heavy atom. The Balaban J connectivity index is 0.000000206. The summed E-state index contributed by atoms with van der Waals surface area (Å²) in [5.41, 5.74) is 0.359. The van der Waals surface area contributed by atoms with Gasteiger partial charge in [0.1, 0.15) is 60.4 Å². The average molecular weight is 1060 g/mol. The van der Waals surface area contributed by atoms with Crippen LogP contribution in [0.4, 0.5) is 8.78 Å². The summed E-state index contributed by atoms with van der Waals surface area (Å²) in [6.45, 7) is 2.96. The van der Waals surface area contributed by atoms with Gasteiger partial charge < -0.3 is 28.4 Å². The van der Waals surface area contributed by atoms with E-state index in [0.717, 1.165) is 0 Å². The fourth-order valence-corrected chi connectivity index (χ4v) is 10.3. The number of nitrogens with zero attached hydrogens (tertiary/aromatic N) is 14. The lowest BCUT2D eigenvalue weighted by atomic mass is 10.2. The third-order valence-corrected chi connectivity index (χ3v) is 15.7. The number of hydrogen-bond donors (Lipinski definition) is 0. The van der Waals surface area contributed by atoms with E-state index in [-0.39, 0.29) is 82.7 Å². The molecular weight excluding hydrogens is 1010 g/mol. The summed E-state index contributed by atoms with van der Waals surface area (Å²) in [6.07, 6.45) is 4.16. The van der Waals surface area contributed by atoms with E-state index in [1.165, 1.54) is 103 Å². The molecule has 0 spiro atoms. The monoisotopic (exact) mass is 1050 g/mol. The van der Waals surface area contributed by atoms with Gasteiger partial charge in [0, 0.05) is 39.0 Å². The minimum absolute atomic E-state index is 0.0178. The van der Waals surface area contributed by atoms with Crippen LogP contribution in [0.5, 0.6) is 23.5 Å². The first kappa shape index (κ1) is 51.9. The third-order valence-electron chi connectivity index (χ3n) is 11.3. The molecule has 0 aliphatic heterocycles. The van der Waals surface area contributed by atoms with Gasteiger partial charge in [0.05, 0.1) is 60.8 Å². The van der Waals surface area contributed by atoms with Crippen molar-refractivity contribution >= 4 is 42.9 Å². The molecule has 0 saturated heterocycles. The lowest BCUT2D eigenvalue weighted by Crippen LogP contribution is -2.30. The molecule has 2 fully saturated rings. The first-order valence-electron chi connectivity index (χ1n) is 20.9. The van der Waals surface area contributed by atoms with E-state index in [2.05, 4.69) is 60.3 Å². The smallest absolute Gasteiger partial charge is 0.245 e. The van der Waals surface area contributed by atoms with Crippen LogP contribution >= 0.6 is 23.2 Å². The van der Waals surface area contributed by atoms with Crippen LogP contribution in [0.25, 0.3) is 11.4 Å². The molecule has 0 bridgehead atoms. The van der Waals surface area contributed by atoms with E-state index in [1.54, 1.807) is 0 Å². The Morgan fingerprint density at radius 1 is 0.557 bits per heavy atom. The number of methoxy groups -OCH3 is 6. The van der Waals surface area contributed by atoms with Crippen LogP contribution in [0.15, 0.2) is 37.4 Å². The van der Waals surface area contributed by atoms with E-state index >= 15 is 0 Å². The molecule has 376 valence electrons. The summed E-state index contributed by atoms with van der Waals surface area (Å²) in [5.74, 6) is -1.06. The third kappa shape index (κ3) is 10.8. The number of alkyl halides is 2. The number of sulfone groups is 2.